The number of amides is 2. The molecule has 1 aromatic heterocycles. The molecule has 2 amide bonds. The first-order valence-electron chi connectivity index (χ1n) is 9.31. The Labute approximate surface area is 161 Å². The topological polar surface area (TPSA) is 49.4 Å². The lowest BCUT2D eigenvalue weighted by Gasteiger charge is -2.29. The van der Waals surface area contributed by atoms with E-state index in [1.807, 2.05) is 29.2 Å². The molecule has 1 aliphatic rings. The van der Waals surface area contributed by atoms with Crippen LogP contribution in [0.15, 0.2) is 24.3 Å². The summed E-state index contributed by atoms with van der Waals surface area (Å²) in [5.74, 6) is -0.417. The highest BCUT2D eigenvalue weighted by Gasteiger charge is 2.27. The van der Waals surface area contributed by atoms with Crippen LogP contribution < -0.4 is 5.32 Å². The van der Waals surface area contributed by atoms with Crippen molar-refractivity contribution < 1.29 is 18.4 Å². The van der Waals surface area contributed by atoms with E-state index in [0.29, 0.717) is 11.3 Å². The van der Waals surface area contributed by atoms with Gasteiger partial charge < -0.3 is 10.2 Å². The summed E-state index contributed by atoms with van der Waals surface area (Å²) in [6.45, 7) is 1.66. The minimum Gasteiger partial charge on any atom is -0.346 e. The molecule has 0 spiro atoms. The maximum Gasteiger partial charge on any atom is 0.261 e. The van der Waals surface area contributed by atoms with Gasteiger partial charge in [0, 0.05) is 24.2 Å². The van der Waals surface area contributed by atoms with Gasteiger partial charge in [-0.3, -0.25) is 9.59 Å². The van der Waals surface area contributed by atoms with E-state index in [9.17, 15) is 18.4 Å². The van der Waals surface area contributed by atoms with Gasteiger partial charge in [0.1, 0.15) is 0 Å². The second-order valence-corrected chi connectivity index (χ2v) is 7.98. The molecular formula is C20H24F2N2O2S. The second-order valence-electron chi connectivity index (χ2n) is 6.93. The molecule has 0 radical (unpaired) electrons. The third kappa shape index (κ3) is 4.64. The molecule has 1 atom stereocenters. The van der Waals surface area contributed by atoms with E-state index in [4.69, 9.17) is 0 Å². The first-order valence-corrected chi connectivity index (χ1v) is 10.1. The lowest BCUT2D eigenvalue weighted by Crippen LogP contribution is -2.40. The van der Waals surface area contributed by atoms with Gasteiger partial charge in [-0.05, 0) is 36.3 Å². The number of thiophene rings is 1. The number of hydrogen-bond acceptors (Lipinski definition) is 3. The first-order chi connectivity index (χ1) is 13.0. The largest absolute Gasteiger partial charge is 0.346 e. The third-order valence-corrected chi connectivity index (χ3v) is 6.25. The van der Waals surface area contributed by atoms with Crippen LogP contribution in [0.1, 0.15) is 47.8 Å². The van der Waals surface area contributed by atoms with Crippen LogP contribution in [-0.4, -0.2) is 42.3 Å². The highest BCUT2D eigenvalue weighted by Crippen LogP contribution is 2.34. The summed E-state index contributed by atoms with van der Waals surface area (Å²) in [5.41, 5.74) is 0.862. The molecule has 1 unspecified atom stereocenters. The van der Waals surface area contributed by atoms with E-state index < -0.39 is 18.9 Å². The van der Waals surface area contributed by atoms with Crippen molar-refractivity contribution in [2.45, 2.75) is 51.5 Å². The van der Waals surface area contributed by atoms with Crippen LogP contribution in [0.25, 0.3) is 10.1 Å². The molecule has 146 valence electrons. The summed E-state index contributed by atoms with van der Waals surface area (Å²) in [7, 11) is 0. The maximum atomic E-state index is 12.5. The van der Waals surface area contributed by atoms with Crippen molar-refractivity contribution in [2.75, 3.05) is 13.1 Å². The highest BCUT2D eigenvalue weighted by atomic mass is 32.1. The van der Waals surface area contributed by atoms with Gasteiger partial charge in [0.05, 0.1) is 11.4 Å². The van der Waals surface area contributed by atoms with Crippen molar-refractivity contribution in [3.05, 3.63) is 34.7 Å². The fourth-order valence-corrected chi connectivity index (χ4v) is 4.92. The van der Waals surface area contributed by atoms with Gasteiger partial charge in [-0.15, -0.1) is 11.3 Å². The molecule has 0 bridgehead atoms. The predicted octanol–water partition coefficient (Wildman–Crippen LogP) is 4.23. The summed E-state index contributed by atoms with van der Waals surface area (Å²) in [4.78, 5) is 27.0. The van der Waals surface area contributed by atoms with Gasteiger partial charge in [0.25, 0.3) is 12.3 Å². The van der Waals surface area contributed by atoms with Gasteiger partial charge >= 0.3 is 0 Å². The van der Waals surface area contributed by atoms with Crippen LogP contribution in [0.4, 0.5) is 8.78 Å². The highest BCUT2D eigenvalue weighted by molar-refractivity contribution is 7.21. The molecule has 1 aromatic carbocycles. The quantitative estimate of drug-likeness (QED) is 0.825. The van der Waals surface area contributed by atoms with Crippen LogP contribution in [-0.2, 0) is 11.2 Å². The summed E-state index contributed by atoms with van der Waals surface area (Å²) in [6.07, 6.45) is 2.00. The van der Waals surface area contributed by atoms with Gasteiger partial charge in [-0.25, -0.2) is 8.78 Å². The number of carbonyl (C=O) groups excluding carboxylic acids is 2. The molecule has 1 aliphatic heterocycles. The van der Waals surface area contributed by atoms with Crippen molar-refractivity contribution in [3.63, 3.8) is 0 Å². The molecule has 1 fully saturated rings. The molecule has 0 aliphatic carbocycles. The van der Waals surface area contributed by atoms with Crippen LogP contribution in [0.5, 0.6) is 0 Å². The lowest BCUT2D eigenvalue weighted by atomic mass is 9.98. The number of fused-ring (bicyclic) bond motifs is 1. The zero-order valence-electron chi connectivity index (χ0n) is 15.3. The molecule has 4 nitrogen and oxygen atoms in total. The lowest BCUT2D eigenvalue weighted by molar-refractivity contribution is -0.131. The third-order valence-electron chi connectivity index (χ3n) is 5.04. The van der Waals surface area contributed by atoms with E-state index in [-0.39, 0.29) is 11.9 Å². The van der Waals surface area contributed by atoms with Crippen molar-refractivity contribution >= 4 is 33.2 Å². The first kappa shape index (κ1) is 19.7. The predicted molar refractivity (Wildman–Crippen MR) is 104 cm³/mol. The summed E-state index contributed by atoms with van der Waals surface area (Å²) in [6, 6.07) is 7.74. The Morgan fingerprint density at radius 3 is 2.78 bits per heavy atom. The van der Waals surface area contributed by atoms with Crippen molar-refractivity contribution in [3.8, 4) is 0 Å². The number of hydrogen-bond donors (Lipinski definition) is 1. The molecule has 1 N–H and O–H groups in total. The Balaban J connectivity index is 1.94. The monoisotopic (exact) mass is 394 g/mol. The minimum absolute atomic E-state index is 0.0321. The Morgan fingerprint density at radius 1 is 1.26 bits per heavy atom. The number of halogens is 2. The average molecular weight is 394 g/mol. The number of alkyl halides is 2. The zero-order chi connectivity index (χ0) is 19.4. The molecule has 27 heavy (non-hydrogen) atoms. The van der Waals surface area contributed by atoms with Crippen LogP contribution in [0, 0.1) is 0 Å². The van der Waals surface area contributed by atoms with Crippen LogP contribution >= 0.6 is 11.3 Å². The SMILES string of the molecule is CC(=O)N1CCCCCC1Cc1c(C(=O)NCC(F)F)sc2ccccc12. The van der Waals surface area contributed by atoms with Gasteiger partial charge in [0.2, 0.25) is 5.91 Å². The number of likely N-dealkylation sites (tertiary alicyclic amines) is 1. The van der Waals surface area contributed by atoms with Gasteiger partial charge in [0.15, 0.2) is 0 Å². The normalized spacial score (nSPS) is 17.9. The number of carbonyl (C=O) groups is 2. The number of rotatable bonds is 5. The number of benzene rings is 1. The number of nitrogens with zero attached hydrogens (tertiary/aromatic N) is 1. The van der Waals surface area contributed by atoms with Crippen molar-refractivity contribution in [1.82, 2.24) is 10.2 Å². The van der Waals surface area contributed by atoms with Crippen LogP contribution in [0.3, 0.4) is 0 Å². The molecule has 1 saturated heterocycles. The summed E-state index contributed by atoms with van der Waals surface area (Å²) >= 11 is 1.33. The van der Waals surface area contributed by atoms with E-state index in [0.717, 1.165) is 47.9 Å². The summed E-state index contributed by atoms with van der Waals surface area (Å²) in [5, 5.41) is 3.29. The second kappa shape index (κ2) is 8.78. The molecule has 7 heteroatoms. The Morgan fingerprint density at radius 2 is 2.04 bits per heavy atom. The van der Waals surface area contributed by atoms with E-state index in [1.165, 1.54) is 11.3 Å². The molecule has 3 rings (SSSR count). The average Bonchev–Trinajstić information content (AvgIpc) is 2.83. The van der Waals surface area contributed by atoms with Gasteiger partial charge in [-0.2, -0.15) is 0 Å². The Kier molecular flexibility index (Phi) is 6.42. The smallest absolute Gasteiger partial charge is 0.261 e. The molecule has 2 aromatic rings. The molecule has 0 saturated carbocycles. The number of nitrogens with one attached hydrogen (secondary N) is 1. The standard InChI is InChI=1S/C20H24F2N2O2S/c1-13(25)24-10-6-2-3-7-14(24)11-16-15-8-4-5-9-17(15)27-19(16)20(26)23-12-18(21)22/h4-5,8-9,14,18H,2-3,6-7,10-12H2,1H3,(H,23,26). The molecular weight excluding hydrogens is 370 g/mol. The van der Waals surface area contributed by atoms with E-state index in [2.05, 4.69) is 5.32 Å². The maximum absolute atomic E-state index is 12.5. The van der Waals surface area contributed by atoms with Crippen LogP contribution in [0.2, 0.25) is 0 Å². The van der Waals surface area contributed by atoms with Crippen molar-refractivity contribution in [1.29, 1.82) is 0 Å². The Bertz CT molecular complexity index is 821. The van der Waals surface area contributed by atoms with E-state index in [1.54, 1.807) is 6.92 Å². The van der Waals surface area contributed by atoms with Gasteiger partial charge in [-0.1, -0.05) is 31.0 Å². The fraction of sp³-hybridized carbons (Fsp3) is 0.500. The Hall–Kier alpha value is -2.02. The molecule has 2 heterocycles. The summed E-state index contributed by atoms with van der Waals surface area (Å²) < 4.78 is 26.0. The van der Waals surface area contributed by atoms with Crippen molar-refractivity contribution in [2.24, 2.45) is 0 Å². The fourth-order valence-electron chi connectivity index (χ4n) is 3.77. The van der Waals surface area contributed by atoms with E-state index >= 15 is 0 Å². The zero-order valence-corrected chi connectivity index (χ0v) is 16.2. The minimum atomic E-state index is -2.58.